The highest BCUT2D eigenvalue weighted by Gasteiger charge is 2.27. The smallest absolute Gasteiger partial charge is 0.0965 e. The summed E-state index contributed by atoms with van der Waals surface area (Å²) in [7, 11) is 0. The molecule has 3 unspecified atom stereocenters. The molecule has 1 aliphatic carbocycles. The third-order valence-corrected chi connectivity index (χ3v) is 5.79. The number of hydrogen-bond donors (Lipinski definition) is 1. The minimum atomic E-state index is 0.475. The Morgan fingerprint density at radius 1 is 1.30 bits per heavy atom. The Hall–Kier alpha value is -0.410. The van der Waals surface area contributed by atoms with Gasteiger partial charge in [-0.05, 0) is 37.0 Å². The third kappa shape index (κ3) is 4.56. The topological polar surface area (TPSA) is 24.9 Å². The van der Waals surface area contributed by atoms with Crippen LogP contribution in [0.3, 0.4) is 0 Å². The van der Waals surface area contributed by atoms with E-state index in [2.05, 4.69) is 43.4 Å². The van der Waals surface area contributed by atoms with Gasteiger partial charge in [0.1, 0.15) is 0 Å². The lowest BCUT2D eigenvalue weighted by molar-refractivity contribution is 0.213. The molecule has 3 atom stereocenters. The Morgan fingerprint density at radius 2 is 2.10 bits per heavy atom. The van der Waals surface area contributed by atoms with Gasteiger partial charge in [-0.2, -0.15) is 0 Å². The number of aromatic nitrogens is 1. The second-order valence-corrected chi connectivity index (χ2v) is 8.37. The lowest BCUT2D eigenvalue weighted by Crippen LogP contribution is -2.32. The van der Waals surface area contributed by atoms with Crippen LogP contribution in [-0.2, 0) is 0 Å². The summed E-state index contributed by atoms with van der Waals surface area (Å²) in [4.78, 5) is 4.42. The molecule has 1 aromatic rings. The van der Waals surface area contributed by atoms with E-state index in [1.807, 2.05) is 6.20 Å². The van der Waals surface area contributed by atoms with Crippen molar-refractivity contribution in [3.8, 4) is 0 Å². The molecule has 2 nitrogen and oxygen atoms in total. The van der Waals surface area contributed by atoms with Crippen LogP contribution >= 0.6 is 11.3 Å². The van der Waals surface area contributed by atoms with Crippen LogP contribution in [0, 0.1) is 11.3 Å². The monoisotopic (exact) mass is 294 g/mol. The molecule has 2 rings (SSSR count). The molecular formula is C17H30N2S. The summed E-state index contributed by atoms with van der Waals surface area (Å²) in [5.41, 5.74) is 0.475. The second-order valence-electron chi connectivity index (χ2n) is 7.45. The van der Waals surface area contributed by atoms with Crippen LogP contribution in [0.2, 0.25) is 0 Å². The summed E-state index contributed by atoms with van der Waals surface area (Å²) in [6, 6.07) is 0.713. The van der Waals surface area contributed by atoms with Crippen molar-refractivity contribution in [1.29, 1.82) is 0 Å². The van der Waals surface area contributed by atoms with Crippen LogP contribution in [0.15, 0.2) is 11.6 Å². The second kappa shape index (κ2) is 7.04. The maximum atomic E-state index is 4.42. The van der Waals surface area contributed by atoms with Crippen molar-refractivity contribution in [2.75, 3.05) is 6.54 Å². The minimum absolute atomic E-state index is 0.475. The van der Waals surface area contributed by atoms with E-state index in [0.29, 0.717) is 17.4 Å². The molecule has 0 spiro atoms. The van der Waals surface area contributed by atoms with Crippen molar-refractivity contribution in [3.05, 3.63) is 16.6 Å². The van der Waals surface area contributed by atoms with E-state index < -0.39 is 0 Å². The van der Waals surface area contributed by atoms with Gasteiger partial charge < -0.3 is 5.32 Å². The lowest BCUT2D eigenvalue weighted by Gasteiger charge is -2.29. The number of rotatable bonds is 4. The van der Waals surface area contributed by atoms with Crippen molar-refractivity contribution >= 4 is 11.3 Å². The van der Waals surface area contributed by atoms with Crippen molar-refractivity contribution in [2.45, 2.75) is 71.8 Å². The van der Waals surface area contributed by atoms with Gasteiger partial charge in [0.15, 0.2) is 0 Å². The number of thiazole rings is 1. The van der Waals surface area contributed by atoms with Gasteiger partial charge in [0.25, 0.3) is 0 Å². The summed E-state index contributed by atoms with van der Waals surface area (Å²) < 4.78 is 0. The largest absolute Gasteiger partial charge is 0.313 e. The van der Waals surface area contributed by atoms with Gasteiger partial charge in [0.05, 0.1) is 5.01 Å². The first-order valence-electron chi connectivity index (χ1n) is 8.09. The first kappa shape index (κ1) is 16.0. The fraction of sp³-hybridized carbons (Fsp3) is 0.824. The van der Waals surface area contributed by atoms with E-state index in [-0.39, 0.29) is 0 Å². The summed E-state index contributed by atoms with van der Waals surface area (Å²) in [5, 5.41) is 7.13. The first-order chi connectivity index (χ1) is 9.47. The molecule has 1 N–H and O–H groups in total. The SMILES string of the molecule is CC(CNC1CCCC(C(C)(C)C)CC1)c1nccs1. The van der Waals surface area contributed by atoms with E-state index in [0.717, 1.165) is 12.5 Å². The van der Waals surface area contributed by atoms with Gasteiger partial charge >= 0.3 is 0 Å². The Morgan fingerprint density at radius 3 is 2.75 bits per heavy atom. The Bertz CT molecular complexity index is 380. The van der Waals surface area contributed by atoms with Crippen molar-refractivity contribution in [1.82, 2.24) is 10.3 Å². The normalized spacial score (nSPS) is 26.2. The molecule has 20 heavy (non-hydrogen) atoms. The van der Waals surface area contributed by atoms with Crippen molar-refractivity contribution in [2.24, 2.45) is 11.3 Å². The summed E-state index contributed by atoms with van der Waals surface area (Å²) >= 11 is 1.77. The number of nitrogens with zero attached hydrogens (tertiary/aromatic N) is 1. The summed E-state index contributed by atoms with van der Waals surface area (Å²) in [6.45, 7) is 10.5. The molecule has 1 saturated carbocycles. The van der Waals surface area contributed by atoms with Crippen LogP contribution < -0.4 is 5.32 Å². The molecule has 1 heterocycles. The van der Waals surface area contributed by atoms with Gasteiger partial charge in [-0.1, -0.05) is 34.1 Å². The van der Waals surface area contributed by atoms with E-state index in [1.54, 1.807) is 11.3 Å². The summed E-state index contributed by atoms with van der Waals surface area (Å²) in [6.07, 6.45) is 8.77. The lowest BCUT2D eigenvalue weighted by atomic mass is 9.76. The van der Waals surface area contributed by atoms with Crippen LogP contribution in [-0.4, -0.2) is 17.6 Å². The van der Waals surface area contributed by atoms with Crippen LogP contribution in [0.1, 0.15) is 70.7 Å². The van der Waals surface area contributed by atoms with Gasteiger partial charge in [-0.3, -0.25) is 0 Å². The average molecular weight is 295 g/mol. The highest BCUT2D eigenvalue weighted by atomic mass is 32.1. The molecule has 1 aromatic heterocycles. The molecule has 0 amide bonds. The van der Waals surface area contributed by atoms with Crippen LogP contribution in [0.4, 0.5) is 0 Å². The molecule has 0 radical (unpaired) electrons. The van der Waals surface area contributed by atoms with Gasteiger partial charge in [0.2, 0.25) is 0 Å². The van der Waals surface area contributed by atoms with Gasteiger partial charge in [-0.25, -0.2) is 4.98 Å². The molecule has 1 fully saturated rings. The van der Waals surface area contributed by atoms with Crippen molar-refractivity contribution < 1.29 is 0 Å². The van der Waals surface area contributed by atoms with E-state index in [1.165, 1.54) is 37.1 Å². The zero-order valence-corrected chi connectivity index (χ0v) is 14.3. The number of hydrogen-bond acceptors (Lipinski definition) is 3. The predicted octanol–water partition coefficient (Wildman–Crippen LogP) is 4.83. The molecule has 1 aliphatic rings. The maximum absolute atomic E-state index is 4.42. The Balaban J connectivity index is 1.77. The molecule has 3 heteroatoms. The molecule has 0 bridgehead atoms. The molecule has 0 aliphatic heterocycles. The zero-order valence-electron chi connectivity index (χ0n) is 13.5. The van der Waals surface area contributed by atoms with Gasteiger partial charge in [-0.15, -0.1) is 11.3 Å². The highest BCUT2D eigenvalue weighted by molar-refractivity contribution is 7.09. The maximum Gasteiger partial charge on any atom is 0.0965 e. The standard InChI is InChI=1S/C17H30N2S/c1-13(16-18-10-11-20-16)12-19-15-7-5-6-14(8-9-15)17(2,3)4/h10-11,13-15,19H,5-9,12H2,1-4H3. The highest BCUT2D eigenvalue weighted by Crippen LogP contribution is 2.36. The quantitative estimate of drug-likeness (QED) is 0.804. The molecular weight excluding hydrogens is 264 g/mol. The summed E-state index contributed by atoms with van der Waals surface area (Å²) in [5.74, 6) is 1.43. The van der Waals surface area contributed by atoms with Crippen molar-refractivity contribution in [3.63, 3.8) is 0 Å². The Kier molecular flexibility index (Phi) is 5.62. The van der Waals surface area contributed by atoms with E-state index >= 15 is 0 Å². The molecule has 0 aromatic carbocycles. The first-order valence-corrected chi connectivity index (χ1v) is 8.97. The van der Waals surface area contributed by atoms with E-state index in [4.69, 9.17) is 0 Å². The minimum Gasteiger partial charge on any atom is -0.313 e. The van der Waals surface area contributed by atoms with Crippen LogP contribution in [0.5, 0.6) is 0 Å². The van der Waals surface area contributed by atoms with Crippen LogP contribution in [0.25, 0.3) is 0 Å². The third-order valence-electron chi connectivity index (χ3n) is 4.78. The fourth-order valence-corrected chi connectivity index (χ4v) is 3.98. The molecule has 0 saturated heterocycles. The predicted molar refractivity (Wildman–Crippen MR) is 88.3 cm³/mol. The Labute approximate surface area is 128 Å². The van der Waals surface area contributed by atoms with E-state index in [9.17, 15) is 0 Å². The fourth-order valence-electron chi connectivity index (χ4n) is 3.28. The van der Waals surface area contributed by atoms with Gasteiger partial charge in [0, 0.05) is 30.1 Å². The molecule has 114 valence electrons. The average Bonchev–Trinajstić information content (AvgIpc) is 2.80. The number of nitrogens with one attached hydrogen (secondary N) is 1. The zero-order chi connectivity index (χ0) is 14.6.